The van der Waals surface area contributed by atoms with Crippen molar-refractivity contribution in [2.24, 2.45) is 0 Å². The highest BCUT2D eigenvalue weighted by atomic mass is 32.2. The second-order valence-electron chi connectivity index (χ2n) is 5.69. The van der Waals surface area contributed by atoms with Crippen molar-refractivity contribution < 1.29 is 13.2 Å². The van der Waals surface area contributed by atoms with Gasteiger partial charge in [0.15, 0.2) is 0 Å². The van der Waals surface area contributed by atoms with Crippen LogP contribution in [0, 0.1) is 0 Å². The van der Waals surface area contributed by atoms with Crippen LogP contribution in [0.5, 0.6) is 0 Å². The lowest BCUT2D eigenvalue weighted by Gasteiger charge is -2.22. The molecule has 2 heterocycles. The van der Waals surface area contributed by atoms with Gasteiger partial charge in [-0.05, 0) is 51.4 Å². The summed E-state index contributed by atoms with van der Waals surface area (Å²) in [7, 11) is -3.45. The molecule has 0 bridgehead atoms. The van der Waals surface area contributed by atoms with Gasteiger partial charge in [0.05, 0.1) is 12.1 Å². The van der Waals surface area contributed by atoms with Crippen LogP contribution < -0.4 is 10.0 Å². The molecule has 1 unspecified atom stereocenters. The predicted molar refractivity (Wildman–Crippen MR) is 85.3 cm³/mol. The Bertz CT molecular complexity index is 548. The van der Waals surface area contributed by atoms with Gasteiger partial charge < -0.3 is 10.1 Å². The van der Waals surface area contributed by atoms with Crippen molar-refractivity contribution in [3.63, 3.8) is 0 Å². The Morgan fingerprint density at radius 3 is 2.86 bits per heavy atom. The average Bonchev–Trinajstić information content (AvgIpc) is 3.04. The van der Waals surface area contributed by atoms with Crippen molar-refractivity contribution in [3.8, 4) is 0 Å². The highest BCUT2D eigenvalue weighted by molar-refractivity contribution is 7.91. The molecular weight excluding hydrogens is 308 g/mol. The number of sulfonamides is 1. The van der Waals surface area contributed by atoms with Gasteiger partial charge in [-0.15, -0.1) is 11.3 Å². The first-order chi connectivity index (χ1) is 9.95. The van der Waals surface area contributed by atoms with E-state index in [-0.39, 0.29) is 0 Å². The van der Waals surface area contributed by atoms with E-state index < -0.39 is 15.6 Å². The van der Waals surface area contributed by atoms with Crippen LogP contribution in [-0.4, -0.2) is 40.3 Å². The lowest BCUT2D eigenvalue weighted by atomic mass is 10.0. The number of rotatable bonds is 8. The molecule has 21 heavy (non-hydrogen) atoms. The first-order valence-corrected chi connectivity index (χ1v) is 9.66. The minimum absolute atomic E-state index is 0.390. The molecule has 2 rings (SSSR count). The minimum Gasteiger partial charge on any atom is -0.379 e. The maximum absolute atomic E-state index is 12.4. The van der Waals surface area contributed by atoms with E-state index in [1.54, 1.807) is 6.07 Å². The van der Waals surface area contributed by atoms with Crippen molar-refractivity contribution in [1.82, 2.24) is 10.0 Å². The van der Waals surface area contributed by atoms with Gasteiger partial charge in [0.1, 0.15) is 4.21 Å². The van der Waals surface area contributed by atoms with Gasteiger partial charge in [0.2, 0.25) is 0 Å². The molecule has 0 aromatic carbocycles. The SMILES string of the molecule is CCCNCCc1ccc(S(=O)(=O)NC2(C)CCOC2)s1. The third-order valence-electron chi connectivity index (χ3n) is 3.48. The van der Waals surface area contributed by atoms with E-state index in [0.29, 0.717) is 23.8 Å². The van der Waals surface area contributed by atoms with Crippen LogP contribution in [0.25, 0.3) is 0 Å². The molecule has 2 N–H and O–H groups in total. The smallest absolute Gasteiger partial charge is 0.250 e. The molecule has 5 nitrogen and oxygen atoms in total. The summed E-state index contributed by atoms with van der Waals surface area (Å²) in [6.07, 6.45) is 2.68. The first kappa shape index (κ1) is 16.9. The van der Waals surface area contributed by atoms with Gasteiger partial charge in [-0.25, -0.2) is 13.1 Å². The van der Waals surface area contributed by atoms with Crippen molar-refractivity contribution >= 4 is 21.4 Å². The third-order valence-corrected chi connectivity index (χ3v) is 6.75. The Balaban J connectivity index is 1.95. The van der Waals surface area contributed by atoms with Crippen molar-refractivity contribution in [2.45, 2.75) is 42.9 Å². The molecule has 1 atom stereocenters. The molecule has 1 aliphatic heterocycles. The van der Waals surface area contributed by atoms with Crippen molar-refractivity contribution in [1.29, 1.82) is 0 Å². The summed E-state index contributed by atoms with van der Waals surface area (Å²) in [6, 6.07) is 3.60. The van der Waals surface area contributed by atoms with E-state index in [4.69, 9.17) is 4.74 Å². The molecule has 7 heteroatoms. The van der Waals surface area contributed by atoms with Crippen LogP contribution in [0.1, 0.15) is 31.6 Å². The topological polar surface area (TPSA) is 67.4 Å². The van der Waals surface area contributed by atoms with E-state index >= 15 is 0 Å². The Labute approximate surface area is 131 Å². The molecule has 0 amide bonds. The normalized spacial score (nSPS) is 22.8. The van der Waals surface area contributed by atoms with E-state index in [1.807, 2.05) is 13.0 Å². The Morgan fingerprint density at radius 2 is 2.19 bits per heavy atom. The Morgan fingerprint density at radius 1 is 1.38 bits per heavy atom. The summed E-state index contributed by atoms with van der Waals surface area (Å²) in [4.78, 5) is 1.09. The van der Waals surface area contributed by atoms with Gasteiger partial charge in [-0.3, -0.25) is 0 Å². The molecule has 0 saturated carbocycles. The maximum Gasteiger partial charge on any atom is 0.250 e. The third kappa shape index (κ3) is 4.75. The average molecular weight is 332 g/mol. The standard InChI is InChI=1S/C14H24N2O3S2/c1-3-8-15-9-6-12-4-5-13(20-12)21(17,18)16-14(2)7-10-19-11-14/h4-5,15-16H,3,6-11H2,1-2H3. The molecule has 0 spiro atoms. The van der Waals surface area contributed by atoms with Crippen LogP contribution in [0.15, 0.2) is 16.3 Å². The quantitative estimate of drug-likeness (QED) is 0.712. The zero-order chi connectivity index (χ0) is 15.3. The van der Waals surface area contributed by atoms with Gasteiger partial charge in [0.25, 0.3) is 10.0 Å². The van der Waals surface area contributed by atoms with Crippen molar-refractivity contribution in [2.75, 3.05) is 26.3 Å². The molecule has 1 aliphatic rings. The molecule has 0 radical (unpaired) electrons. The molecule has 1 saturated heterocycles. The first-order valence-electron chi connectivity index (χ1n) is 7.36. The van der Waals surface area contributed by atoms with Gasteiger partial charge in [-0.1, -0.05) is 6.92 Å². The fourth-order valence-electron chi connectivity index (χ4n) is 2.27. The van der Waals surface area contributed by atoms with E-state index in [2.05, 4.69) is 17.0 Å². The fourth-order valence-corrected chi connectivity index (χ4v) is 5.05. The van der Waals surface area contributed by atoms with E-state index in [1.165, 1.54) is 11.3 Å². The van der Waals surface area contributed by atoms with Crippen LogP contribution in [-0.2, 0) is 21.2 Å². The van der Waals surface area contributed by atoms with Crippen molar-refractivity contribution in [3.05, 3.63) is 17.0 Å². The molecule has 1 fully saturated rings. The lowest BCUT2D eigenvalue weighted by molar-refractivity contribution is 0.178. The van der Waals surface area contributed by atoms with Gasteiger partial charge in [0, 0.05) is 11.5 Å². The van der Waals surface area contributed by atoms with Gasteiger partial charge in [-0.2, -0.15) is 0 Å². The molecule has 120 valence electrons. The summed E-state index contributed by atoms with van der Waals surface area (Å²) in [5.41, 5.74) is -0.480. The second kappa shape index (κ2) is 7.19. The molecular formula is C14H24N2O3S2. The van der Waals surface area contributed by atoms with Crippen LogP contribution in [0.4, 0.5) is 0 Å². The highest BCUT2D eigenvalue weighted by Gasteiger charge is 2.35. The van der Waals surface area contributed by atoms with Gasteiger partial charge >= 0.3 is 0 Å². The highest BCUT2D eigenvalue weighted by Crippen LogP contribution is 2.25. The molecule has 0 aliphatic carbocycles. The van der Waals surface area contributed by atoms with Crippen LogP contribution in [0.3, 0.4) is 0 Å². The molecule has 1 aromatic heterocycles. The second-order valence-corrected chi connectivity index (χ2v) is 8.77. The number of thiophene rings is 1. The van der Waals surface area contributed by atoms with E-state index in [0.717, 1.165) is 30.8 Å². The summed E-state index contributed by atoms with van der Waals surface area (Å²) >= 11 is 1.35. The lowest BCUT2D eigenvalue weighted by Crippen LogP contribution is -2.46. The number of hydrogen-bond donors (Lipinski definition) is 2. The zero-order valence-electron chi connectivity index (χ0n) is 12.6. The Hall–Kier alpha value is -0.470. The maximum atomic E-state index is 12.4. The summed E-state index contributed by atoms with van der Waals surface area (Å²) in [5, 5.41) is 3.32. The number of hydrogen-bond acceptors (Lipinski definition) is 5. The summed E-state index contributed by atoms with van der Waals surface area (Å²) in [6.45, 7) is 6.94. The van der Waals surface area contributed by atoms with Crippen LogP contribution >= 0.6 is 11.3 Å². The number of ether oxygens (including phenoxy) is 1. The zero-order valence-corrected chi connectivity index (χ0v) is 14.3. The minimum atomic E-state index is -3.45. The fraction of sp³-hybridized carbons (Fsp3) is 0.714. The largest absolute Gasteiger partial charge is 0.379 e. The van der Waals surface area contributed by atoms with E-state index in [9.17, 15) is 8.42 Å². The number of nitrogens with one attached hydrogen (secondary N) is 2. The molecule has 1 aromatic rings. The monoisotopic (exact) mass is 332 g/mol. The van der Waals surface area contributed by atoms with Crippen LogP contribution in [0.2, 0.25) is 0 Å². The summed E-state index contributed by atoms with van der Waals surface area (Å²) in [5.74, 6) is 0. The predicted octanol–water partition coefficient (Wildman–Crippen LogP) is 1.75. The Kier molecular flexibility index (Phi) is 5.79. The summed E-state index contributed by atoms with van der Waals surface area (Å²) < 4.78 is 33.3.